The molecule has 0 atom stereocenters. The maximum absolute atomic E-state index is 2.19. The Morgan fingerprint density at radius 2 is 0.727 bits per heavy atom. The molecule has 0 bridgehead atoms. The highest BCUT2D eigenvalue weighted by Crippen LogP contribution is 2.13. The summed E-state index contributed by atoms with van der Waals surface area (Å²) in [5.41, 5.74) is 4.85. The van der Waals surface area contributed by atoms with E-state index in [1.165, 1.54) is 22.3 Å². The average molecular weight is 282 g/mol. The van der Waals surface area contributed by atoms with Gasteiger partial charge in [0.1, 0.15) is 0 Å². The molecule has 0 amide bonds. The molecule has 22 heavy (non-hydrogen) atoms. The predicted octanol–water partition coefficient (Wildman–Crippen LogP) is 6.03. The first kappa shape index (κ1) is 14.1. The first-order chi connectivity index (χ1) is 10.9. The van der Waals surface area contributed by atoms with Gasteiger partial charge in [-0.1, -0.05) is 103 Å². The fourth-order valence-electron chi connectivity index (χ4n) is 2.28. The zero-order chi connectivity index (χ0) is 15.0. The lowest BCUT2D eigenvalue weighted by Crippen LogP contribution is -1.76. The van der Waals surface area contributed by atoms with E-state index >= 15 is 0 Å². The molecule has 0 heteroatoms. The van der Waals surface area contributed by atoms with Crippen LogP contribution in [0, 0.1) is 0 Å². The zero-order valence-corrected chi connectivity index (χ0v) is 12.4. The first-order valence-electron chi connectivity index (χ1n) is 7.46. The molecule has 0 nitrogen and oxygen atoms in total. The van der Waals surface area contributed by atoms with Crippen LogP contribution in [0.2, 0.25) is 0 Å². The van der Waals surface area contributed by atoms with Gasteiger partial charge >= 0.3 is 0 Å². The highest BCUT2D eigenvalue weighted by molar-refractivity contribution is 5.74. The van der Waals surface area contributed by atoms with Crippen LogP contribution in [0.25, 0.3) is 24.3 Å². The monoisotopic (exact) mass is 282 g/mol. The highest BCUT2D eigenvalue weighted by atomic mass is 14.0. The first-order valence-corrected chi connectivity index (χ1v) is 7.46. The molecule has 0 radical (unpaired) electrons. The van der Waals surface area contributed by atoms with Gasteiger partial charge in [0.25, 0.3) is 0 Å². The van der Waals surface area contributed by atoms with Crippen molar-refractivity contribution in [1.29, 1.82) is 0 Å². The lowest BCUT2D eigenvalue weighted by atomic mass is 10.1. The minimum absolute atomic E-state index is 1.21. The summed E-state index contributed by atoms with van der Waals surface area (Å²) in [6, 6.07) is 29.2. The Bertz CT molecular complexity index is 701. The Hall–Kier alpha value is -2.86. The molecule has 0 N–H and O–H groups in total. The second-order valence-electron chi connectivity index (χ2n) is 5.16. The van der Waals surface area contributed by atoms with Gasteiger partial charge in [-0.15, -0.1) is 0 Å². The van der Waals surface area contributed by atoms with Crippen LogP contribution in [0.4, 0.5) is 0 Å². The fourth-order valence-corrected chi connectivity index (χ4v) is 2.28. The van der Waals surface area contributed by atoms with Crippen LogP contribution in [0.3, 0.4) is 0 Å². The molecule has 3 aromatic rings. The lowest BCUT2D eigenvalue weighted by Gasteiger charge is -1.98. The summed E-state index contributed by atoms with van der Waals surface area (Å²) < 4.78 is 0. The topological polar surface area (TPSA) is 0 Å². The Balaban J connectivity index is 1.75. The van der Waals surface area contributed by atoms with Crippen molar-refractivity contribution in [3.8, 4) is 0 Å². The summed E-state index contributed by atoms with van der Waals surface area (Å²) in [6.45, 7) is 0. The van der Waals surface area contributed by atoms with E-state index in [1.54, 1.807) is 0 Å². The molecule has 0 aliphatic carbocycles. The van der Waals surface area contributed by atoms with Gasteiger partial charge in [-0.25, -0.2) is 0 Å². The summed E-state index contributed by atoms with van der Waals surface area (Å²) >= 11 is 0. The molecule has 0 saturated heterocycles. The third-order valence-electron chi connectivity index (χ3n) is 3.45. The van der Waals surface area contributed by atoms with Crippen molar-refractivity contribution in [2.45, 2.75) is 0 Å². The van der Waals surface area contributed by atoms with Crippen molar-refractivity contribution in [3.63, 3.8) is 0 Å². The van der Waals surface area contributed by atoms with Crippen LogP contribution in [0.15, 0.2) is 84.9 Å². The van der Waals surface area contributed by atoms with Crippen LogP contribution in [-0.4, -0.2) is 0 Å². The second-order valence-corrected chi connectivity index (χ2v) is 5.16. The number of benzene rings is 3. The maximum atomic E-state index is 2.19. The molecule has 0 spiro atoms. The molecule has 0 aliphatic heterocycles. The minimum atomic E-state index is 1.21. The third-order valence-corrected chi connectivity index (χ3v) is 3.45. The standard InChI is InChI=1S/C22H18/c1-3-8-19(9-4-1)14-16-21-12-7-13-22(18-21)17-15-20-10-5-2-6-11-20/h1-18H/b16-14+,17-15+. The SMILES string of the molecule is C(=C\c1cccc(/C=C/c2ccccc2)c1)/c1ccccc1. The zero-order valence-electron chi connectivity index (χ0n) is 12.4. The summed E-state index contributed by atoms with van der Waals surface area (Å²) in [6.07, 6.45) is 8.57. The normalized spacial score (nSPS) is 11.3. The van der Waals surface area contributed by atoms with Gasteiger partial charge in [-0.2, -0.15) is 0 Å². The van der Waals surface area contributed by atoms with Crippen LogP contribution in [-0.2, 0) is 0 Å². The van der Waals surface area contributed by atoms with E-state index in [9.17, 15) is 0 Å². The van der Waals surface area contributed by atoms with Crippen LogP contribution in [0.5, 0.6) is 0 Å². The third kappa shape index (κ3) is 4.07. The van der Waals surface area contributed by atoms with Crippen LogP contribution >= 0.6 is 0 Å². The van der Waals surface area contributed by atoms with Gasteiger partial charge in [0.15, 0.2) is 0 Å². The van der Waals surface area contributed by atoms with E-state index in [2.05, 4.69) is 97.1 Å². The molecule has 0 aromatic heterocycles. The van der Waals surface area contributed by atoms with Crippen molar-refractivity contribution in [2.24, 2.45) is 0 Å². The smallest absolute Gasteiger partial charge is 0.0251 e. The molecule has 0 saturated carbocycles. The number of rotatable bonds is 4. The van der Waals surface area contributed by atoms with E-state index in [4.69, 9.17) is 0 Å². The Labute approximate surface area is 132 Å². The second kappa shape index (κ2) is 7.24. The quantitative estimate of drug-likeness (QED) is 0.513. The van der Waals surface area contributed by atoms with E-state index in [1.807, 2.05) is 12.1 Å². The van der Waals surface area contributed by atoms with Gasteiger partial charge in [0.2, 0.25) is 0 Å². The molecular weight excluding hydrogens is 264 g/mol. The van der Waals surface area contributed by atoms with Gasteiger partial charge in [0.05, 0.1) is 0 Å². The molecule has 3 rings (SSSR count). The Kier molecular flexibility index (Phi) is 4.63. The van der Waals surface area contributed by atoms with E-state index in [0.717, 1.165) is 0 Å². The van der Waals surface area contributed by atoms with Crippen LogP contribution in [0.1, 0.15) is 22.3 Å². The van der Waals surface area contributed by atoms with Crippen molar-refractivity contribution in [3.05, 3.63) is 107 Å². The van der Waals surface area contributed by atoms with E-state index in [-0.39, 0.29) is 0 Å². The van der Waals surface area contributed by atoms with Crippen molar-refractivity contribution in [2.75, 3.05) is 0 Å². The largest absolute Gasteiger partial charge is 0.0622 e. The van der Waals surface area contributed by atoms with Gasteiger partial charge < -0.3 is 0 Å². The van der Waals surface area contributed by atoms with Crippen LogP contribution < -0.4 is 0 Å². The highest BCUT2D eigenvalue weighted by Gasteiger charge is 1.91. The summed E-state index contributed by atoms with van der Waals surface area (Å²) in [5.74, 6) is 0. The molecule has 0 unspecified atom stereocenters. The minimum Gasteiger partial charge on any atom is -0.0622 e. The summed E-state index contributed by atoms with van der Waals surface area (Å²) in [5, 5.41) is 0. The van der Waals surface area contributed by atoms with Gasteiger partial charge in [-0.3, -0.25) is 0 Å². The van der Waals surface area contributed by atoms with Crippen molar-refractivity contribution >= 4 is 24.3 Å². The molecule has 0 heterocycles. The Morgan fingerprint density at radius 3 is 1.18 bits per heavy atom. The molecule has 0 aliphatic rings. The molecule has 106 valence electrons. The molecule has 0 fully saturated rings. The number of hydrogen-bond donors (Lipinski definition) is 0. The van der Waals surface area contributed by atoms with Crippen molar-refractivity contribution in [1.82, 2.24) is 0 Å². The predicted molar refractivity (Wildman–Crippen MR) is 97.2 cm³/mol. The van der Waals surface area contributed by atoms with Gasteiger partial charge in [0, 0.05) is 0 Å². The van der Waals surface area contributed by atoms with Crippen molar-refractivity contribution < 1.29 is 0 Å². The summed E-state index contributed by atoms with van der Waals surface area (Å²) in [4.78, 5) is 0. The Morgan fingerprint density at radius 1 is 0.364 bits per heavy atom. The average Bonchev–Trinajstić information content (AvgIpc) is 2.60. The molecule has 3 aromatic carbocycles. The molecular formula is C22H18. The van der Waals surface area contributed by atoms with E-state index < -0.39 is 0 Å². The number of hydrogen-bond acceptors (Lipinski definition) is 0. The van der Waals surface area contributed by atoms with E-state index in [0.29, 0.717) is 0 Å². The maximum Gasteiger partial charge on any atom is -0.0251 e. The van der Waals surface area contributed by atoms with Gasteiger partial charge in [-0.05, 0) is 28.3 Å². The lowest BCUT2D eigenvalue weighted by molar-refractivity contribution is 1.61. The summed E-state index contributed by atoms with van der Waals surface area (Å²) in [7, 11) is 0. The fraction of sp³-hybridized carbons (Fsp3) is 0.